The molecule has 2 aliphatic rings. The van der Waals surface area contributed by atoms with Gasteiger partial charge in [-0.05, 0) is 55.8 Å². The molecule has 2 aromatic rings. The summed E-state index contributed by atoms with van der Waals surface area (Å²) in [4.78, 5) is 32.9. The van der Waals surface area contributed by atoms with Crippen molar-refractivity contribution in [3.05, 3.63) is 94.3 Å². The monoisotopic (exact) mass is 1070 g/mol. The second-order valence-electron chi connectivity index (χ2n) is 17.2. The fourth-order valence-corrected chi connectivity index (χ4v) is 8.03. The first-order chi connectivity index (χ1) is 34.9. The number of ether oxygens (including phenoxy) is 5. The number of halogens is 8. The van der Waals surface area contributed by atoms with Gasteiger partial charge in [-0.15, -0.1) is 0 Å². The number of hydrazine groups is 1. The van der Waals surface area contributed by atoms with Crippen LogP contribution in [0.25, 0.3) is 0 Å². The third-order valence-corrected chi connectivity index (χ3v) is 12.1. The number of hydrogen-bond donors (Lipinski definition) is 8. The van der Waals surface area contributed by atoms with E-state index in [1.807, 2.05) is 0 Å². The number of anilines is 1. The number of aliphatic imine (C=N–C) groups is 1. The van der Waals surface area contributed by atoms with E-state index in [0.717, 1.165) is 30.1 Å². The lowest BCUT2D eigenvalue weighted by atomic mass is 9.88. The van der Waals surface area contributed by atoms with E-state index < -0.39 is 124 Å². The molecule has 0 radical (unpaired) electrons. The van der Waals surface area contributed by atoms with Gasteiger partial charge in [0.2, 0.25) is 5.82 Å². The van der Waals surface area contributed by atoms with Crippen molar-refractivity contribution >= 4 is 23.8 Å². The van der Waals surface area contributed by atoms with E-state index in [1.165, 1.54) is 24.6 Å². The molecule has 1 aliphatic heterocycles. The summed E-state index contributed by atoms with van der Waals surface area (Å²) in [6, 6.07) is 4.11. The number of rotatable bonds is 28. The average Bonchev–Trinajstić information content (AvgIpc) is 3.85. The van der Waals surface area contributed by atoms with E-state index in [4.69, 9.17) is 34.5 Å². The number of nitrogens with one attached hydrogen (secondary N) is 1. The minimum Gasteiger partial charge on any atom is -0.509 e. The van der Waals surface area contributed by atoms with Crippen molar-refractivity contribution in [2.75, 3.05) is 85.4 Å². The number of nitrogens with two attached hydrogens (primary N) is 1. The number of hydrogen-bond acceptors (Lipinski definition) is 16. The molecule has 1 spiro atoms. The van der Waals surface area contributed by atoms with Gasteiger partial charge in [0.25, 0.3) is 11.8 Å². The first-order valence-electron chi connectivity index (χ1n) is 23.1. The van der Waals surface area contributed by atoms with E-state index in [9.17, 15) is 61.5 Å². The number of benzene rings is 2. The van der Waals surface area contributed by atoms with Crippen molar-refractivity contribution in [2.24, 2.45) is 10.7 Å². The molecular weight excluding hydrogens is 1010 g/mol. The number of likely N-dealkylation sites (N-methyl/N-ethyl adjacent to an activating group) is 2. The topological polar surface area (TPSA) is 262 Å². The maximum absolute atomic E-state index is 15.7. The van der Waals surface area contributed by atoms with Crippen molar-refractivity contribution in [1.29, 1.82) is 0 Å². The average molecular weight is 1070 g/mol. The summed E-state index contributed by atoms with van der Waals surface area (Å²) >= 11 is 0. The van der Waals surface area contributed by atoms with E-state index in [1.54, 1.807) is 11.9 Å². The quantitative estimate of drug-likeness (QED) is 0.0151. The van der Waals surface area contributed by atoms with Gasteiger partial charge in [0.1, 0.15) is 67.7 Å². The molecular formula is C47H62F8N6O13. The largest absolute Gasteiger partial charge is 0.509 e. The first-order valence-corrected chi connectivity index (χ1v) is 23.1. The maximum atomic E-state index is 15.7. The van der Waals surface area contributed by atoms with Gasteiger partial charge in [-0.25, -0.2) is 14.4 Å². The molecule has 0 bridgehead atoms. The fraction of sp³-hybridized carbons (Fsp3) is 0.553. The van der Waals surface area contributed by atoms with Crippen LogP contribution in [0.4, 0.5) is 40.8 Å². The van der Waals surface area contributed by atoms with Crippen LogP contribution < -0.4 is 15.8 Å². The number of carbonyl (C=O) groups is 2. The van der Waals surface area contributed by atoms with Crippen molar-refractivity contribution in [3.63, 3.8) is 0 Å². The van der Waals surface area contributed by atoms with Crippen LogP contribution >= 0.6 is 0 Å². The molecule has 1 saturated carbocycles. The number of aliphatic hydroxyl groups is 6. The molecule has 0 saturated heterocycles. The summed E-state index contributed by atoms with van der Waals surface area (Å²) in [6.07, 6.45) is -11.6. The highest BCUT2D eigenvalue weighted by Crippen LogP contribution is 2.45. The Morgan fingerprint density at radius 3 is 2.11 bits per heavy atom. The molecule has 0 aromatic heterocycles. The molecule has 1 aliphatic carbocycles. The Bertz CT molecular complexity index is 2300. The molecule has 2 aromatic carbocycles. The van der Waals surface area contributed by atoms with Gasteiger partial charge in [-0.1, -0.05) is 25.8 Å². The Morgan fingerprint density at radius 2 is 1.51 bits per heavy atom. The van der Waals surface area contributed by atoms with E-state index in [-0.39, 0.29) is 71.2 Å². The zero-order chi connectivity index (χ0) is 55.0. The number of nitrogens with zero attached hydrogens (tertiary/aromatic N) is 4. The third-order valence-electron chi connectivity index (χ3n) is 12.1. The molecule has 1 heterocycles. The van der Waals surface area contributed by atoms with Crippen LogP contribution in [-0.4, -0.2) is 180 Å². The zero-order valence-electron chi connectivity index (χ0n) is 40.6. The van der Waals surface area contributed by atoms with Crippen LogP contribution in [0, 0.1) is 11.6 Å². The highest BCUT2D eigenvalue weighted by Gasteiger charge is 2.53. The van der Waals surface area contributed by atoms with Gasteiger partial charge in [-0.2, -0.15) is 30.7 Å². The molecule has 9 N–H and O–H groups in total. The summed E-state index contributed by atoms with van der Waals surface area (Å²) in [5.41, 5.74) is -1.32. The van der Waals surface area contributed by atoms with Gasteiger partial charge in [0, 0.05) is 37.3 Å². The number of carbonyl (C=O) groups excluding carboxylic acids is 2. The smallest absolute Gasteiger partial charge is 0.433 e. The Morgan fingerprint density at radius 1 is 0.905 bits per heavy atom. The molecule has 1 fully saturated rings. The highest BCUT2D eigenvalue weighted by molar-refractivity contribution is 6.23. The zero-order valence-corrected chi connectivity index (χ0v) is 40.6. The van der Waals surface area contributed by atoms with E-state index in [0.29, 0.717) is 43.9 Å². The van der Waals surface area contributed by atoms with Crippen LogP contribution in [0.15, 0.2) is 71.0 Å². The Balaban J connectivity index is 1.29. The molecule has 1 unspecified atom stereocenters. The molecule has 74 heavy (non-hydrogen) atoms. The molecule has 27 heteroatoms. The normalized spacial score (nSPS) is 17.9. The number of aliphatic hydroxyl groups excluding tert-OH is 6. The Labute approximate surface area is 420 Å². The second kappa shape index (κ2) is 27.8. The number of alkyl halides is 6. The molecule has 4 rings (SSSR count). The van der Waals surface area contributed by atoms with Crippen LogP contribution in [-0.2, 0) is 41.3 Å². The third kappa shape index (κ3) is 16.2. The summed E-state index contributed by atoms with van der Waals surface area (Å²) in [6.45, 7) is 0.468. The predicted octanol–water partition coefficient (Wildman–Crippen LogP) is 3.76. The minimum atomic E-state index is -5.07. The van der Waals surface area contributed by atoms with Crippen LogP contribution in [0.5, 0.6) is 5.75 Å². The van der Waals surface area contributed by atoms with Gasteiger partial charge in [0.05, 0.1) is 63.1 Å². The number of allylic oxidation sites excluding steroid dienone is 2. The second-order valence-corrected chi connectivity index (χ2v) is 17.2. The predicted molar refractivity (Wildman–Crippen MR) is 248 cm³/mol. The lowest BCUT2D eigenvalue weighted by Gasteiger charge is -2.48. The molecule has 414 valence electrons. The van der Waals surface area contributed by atoms with Crippen molar-refractivity contribution in [2.45, 2.75) is 87.4 Å². The van der Waals surface area contributed by atoms with E-state index >= 15 is 8.78 Å². The Kier molecular flexibility index (Phi) is 22.8. The maximum Gasteiger partial charge on any atom is 0.433 e. The molecule has 5 atom stereocenters. The Hall–Kier alpha value is -5.65. The SMILES string of the molecule is CC(/C=C(\N=CN)C(F)(F)F)c1cc(C(F)(F)F)ccc1NC(=O)C1=C(O)C2(CCCC2)N(C)N(Cc2ccc(OCCOCCO/C=C/OCCOCCN(C)C[C@@H](O)[C@H](O)[C@@H](O)[C@@H](O)CO)c(F)c2F)C1=O. The summed E-state index contributed by atoms with van der Waals surface area (Å²) < 4.78 is 140. The van der Waals surface area contributed by atoms with E-state index in [2.05, 4.69) is 10.3 Å². The van der Waals surface area contributed by atoms with Crippen LogP contribution in [0.1, 0.15) is 55.2 Å². The molecule has 19 nitrogen and oxygen atoms in total. The lowest BCUT2D eigenvalue weighted by molar-refractivity contribution is -0.163. The van der Waals surface area contributed by atoms with Gasteiger partial charge >= 0.3 is 12.4 Å². The van der Waals surface area contributed by atoms with Crippen molar-refractivity contribution in [3.8, 4) is 5.75 Å². The lowest BCUT2D eigenvalue weighted by Crippen LogP contribution is -2.62. The standard InChI is InChI=1S/C47H62F8N6O13/c1-28(22-36(57-27-56)47(53,54)55)31-23-30(46(50,51)52)7-8-32(31)58-43(68)37-42(67)45(10-4-5-11-45)60(3)61(44(37)69)24-29-6-9-35(39(49)38(29)48)74-21-20-73-19-18-72-17-16-71-15-14-70-13-12-59(2)25-33(63)40(65)41(66)34(64)26-62/h6-9,16-17,22-23,27-28,33-34,40-41,62-67H,4-5,10-15,18-21,24-26H2,1-3H3,(H2,56,57)(H,58,68)/b17-16+,36-22-/t28?,33-,34+,40+,41+/m1/s1. The highest BCUT2D eigenvalue weighted by atomic mass is 19.4. The van der Waals surface area contributed by atoms with Crippen LogP contribution in [0.2, 0.25) is 0 Å². The fourth-order valence-electron chi connectivity index (χ4n) is 8.03. The summed E-state index contributed by atoms with van der Waals surface area (Å²) in [7, 11) is 3.04. The summed E-state index contributed by atoms with van der Waals surface area (Å²) in [5, 5.41) is 64.1. The minimum absolute atomic E-state index is 0.0415. The summed E-state index contributed by atoms with van der Waals surface area (Å²) in [5.74, 6) is -8.06. The van der Waals surface area contributed by atoms with Gasteiger partial charge in [-0.3, -0.25) is 14.6 Å². The number of amides is 2. The molecule has 2 amide bonds. The van der Waals surface area contributed by atoms with Crippen LogP contribution in [0.3, 0.4) is 0 Å². The van der Waals surface area contributed by atoms with Gasteiger partial charge in [0.15, 0.2) is 11.6 Å². The first kappa shape index (κ1) is 60.9. The van der Waals surface area contributed by atoms with Crippen molar-refractivity contribution in [1.82, 2.24) is 14.9 Å². The van der Waals surface area contributed by atoms with Gasteiger partial charge < -0.3 is 70.3 Å². The van der Waals surface area contributed by atoms with Crippen molar-refractivity contribution < 1.29 is 99.0 Å².